The molecule has 1 N–H and O–H groups in total. The number of rotatable bonds is 5. The van der Waals surface area contributed by atoms with E-state index in [1.54, 1.807) is 19.2 Å². The van der Waals surface area contributed by atoms with Crippen molar-refractivity contribution in [2.24, 2.45) is 0 Å². The minimum atomic E-state index is -0.338. The molecule has 0 heterocycles. The Morgan fingerprint density at radius 2 is 2.18 bits per heavy atom. The number of nitrogens with zero attached hydrogens (tertiary/aromatic N) is 1. The fourth-order valence-corrected chi connectivity index (χ4v) is 2.02. The van der Waals surface area contributed by atoms with E-state index in [1.165, 1.54) is 6.07 Å². The van der Waals surface area contributed by atoms with E-state index in [-0.39, 0.29) is 10.6 Å². The average Bonchev–Trinajstić information content (AvgIpc) is 2.27. The molecule has 0 aliphatic heterocycles. The molecule has 0 spiro atoms. The quantitative estimate of drug-likeness (QED) is 0.626. The molecule has 1 aliphatic rings. The molecule has 0 atom stereocenters. The Kier molecular flexibility index (Phi) is 3.71. The van der Waals surface area contributed by atoms with Crippen LogP contribution in [-0.2, 0) is 11.3 Å². The predicted molar refractivity (Wildman–Crippen MR) is 63.8 cm³/mol. The SMILES string of the molecule is COC1CC(NCc2ccccc2[N+](=O)[O-])C1. The van der Waals surface area contributed by atoms with Gasteiger partial charge in [-0.1, -0.05) is 18.2 Å². The Hall–Kier alpha value is -1.46. The lowest BCUT2D eigenvalue weighted by molar-refractivity contribution is -0.385. The molecule has 0 amide bonds. The van der Waals surface area contributed by atoms with Crippen LogP contribution in [0.3, 0.4) is 0 Å². The van der Waals surface area contributed by atoms with Crippen LogP contribution in [0.25, 0.3) is 0 Å². The summed E-state index contributed by atoms with van der Waals surface area (Å²) in [5.74, 6) is 0. The first kappa shape index (κ1) is 12.0. The fourth-order valence-electron chi connectivity index (χ4n) is 2.02. The van der Waals surface area contributed by atoms with Crippen molar-refractivity contribution in [1.82, 2.24) is 5.32 Å². The number of nitrogens with one attached hydrogen (secondary N) is 1. The van der Waals surface area contributed by atoms with Crippen LogP contribution in [0.15, 0.2) is 24.3 Å². The summed E-state index contributed by atoms with van der Waals surface area (Å²) < 4.78 is 5.18. The molecule has 1 fully saturated rings. The Morgan fingerprint density at radius 3 is 2.82 bits per heavy atom. The lowest BCUT2D eigenvalue weighted by atomic mass is 9.89. The number of hydrogen-bond donors (Lipinski definition) is 1. The van der Waals surface area contributed by atoms with Crippen molar-refractivity contribution in [3.8, 4) is 0 Å². The van der Waals surface area contributed by atoms with Gasteiger partial charge in [-0.15, -0.1) is 0 Å². The summed E-state index contributed by atoms with van der Waals surface area (Å²) in [7, 11) is 1.71. The molecule has 0 saturated heterocycles. The van der Waals surface area contributed by atoms with Crippen LogP contribution in [0.4, 0.5) is 5.69 Å². The highest BCUT2D eigenvalue weighted by atomic mass is 16.6. The van der Waals surface area contributed by atoms with Crippen LogP contribution in [0, 0.1) is 10.1 Å². The highest BCUT2D eigenvalue weighted by Gasteiger charge is 2.28. The van der Waals surface area contributed by atoms with Crippen LogP contribution in [0.5, 0.6) is 0 Å². The van der Waals surface area contributed by atoms with Gasteiger partial charge in [0.05, 0.1) is 11.0 Å². The molecular formula is C12H16N2O3. The topological polar surface area (TPSA) is 64.4 Å². The molecular weight excluding hydrogens is 220 g/mol. The first-order chi connectivity index (χ1) is 8.20. The highest BCUT2D eigenvalue weighted by molar-refractivity contribution is 5.39. The van der Waals surface area contributed by atoms with Crippen LogP contribution in [-0.4, -0.2) is 24.2 Å². The van der Waals surface area contributed by atoms with E-state index in [9.17, 15) is 10.1 Å². The normalized spacial score (nSPS) is 23.1. The second kappa shape index (κ2) is 5.25. The Labute approximate surface area is 99.9 Å². The van der Waals surface area contributed by atoms with Crippen molar-refractivity contribution in [2.45, 2.75) is 31.5 Å². The van der Waals surface area contributed by atoms with E-state index < -0.39 is 0 Å². The van der Waals surface area contributed by atoms with E-state index in [1.807, 2.05) is 6.07 Å². The predicted octanol–water partition coefficient (Wildman–Crippen LogP) is 1.86. The summed E-state index contributed by atoms with van der Waals surface area (Å²) >= 11 is 0. The van der Waals surface area contributed by atoms with Crippen LogP contribution in [0.1, 0.15) is 18.4 Å². The molecule has 1 aliphatic carbocycles. The molecule has 5 nitrogen and oxygen atoms in total. The van der Waals surface area contributed by atoms with Crippen molar-refractivity contribution in [1.29, 1.82) is 0 Å². The first-order valence-corrected chi connectivity index (χ1v) is 5.69. The first-order valence-electron chi connectivity index (χ1n) is 5.69. The summed E-state index contributed by atoms with van der Waals surface area (Å²) in [6.45, 7) is 0.540. The molecule has 0 bridgehead atoms. The standard InChI is InChI=1S/C12H16N2O3/c1-17-11-6-10(7-11)13-8-9-4-2-3-5-12(9)14(15)16/h2-5,10-11,13H,6-8H2,1H3. The minimum Gasteiger partial charge on any atom is -0.381 e. The van der Waals surface area contributed by atoms with Crippen molar-refractivity contribution in [3.05, 3.63) is 39.9 Å². The Balaban J connectivity index is 1.89. The summed E-state index contributed by atoms with van der Waals surface area (Å²) in [4.78, 5) is 10.5. The fraction of sp³-hybridized carbons (Fsp3) is 0.500. The second-order valence-corrected chi connectivity index (χ2v) is 4.29. The van der Waals surface area contributed by atoms with Gasteiger partial charge in [0.2, 0.25) is 0 Å². The van der Waals surface area contributed by atoms with Gasteiger partial charge in [-0.3, -0.25) is 10.1 Å². The number of nitro benzene ring substituents is 1. The zero-order chi connectivity index (χ0) is 12.3. The molecule has 2 rings (SSSR count). The maximum atomic E-state index is 10.8. The summed E-state index contributed by atoms with van der Waals surface area (Å²) in [6.07, 6.45) is 2.31. The number of nitro groups is 1. The average molecular weight is 236 g/mol. The van der Waals surface area contributed by atoms with Crippen LogP contribution in [0.2, 0.25) is 0 Å². The van der Waals surface area contributed by atoms with Crippen molar-refractivity contribution >= 4 is 5.69 Å². The van der Waals surface area contributed by atoms with Gasteiger partial charge in [-0.05, 0) is 12.8 Å². The molecule has 1 aromatic rings. The zero-order valence-electron chi connectivity index (χ0n) is 9.76. The third-order valence-corrected chi connectivity index (χ3v) is 3.20. The molecule has 0 radical (unpaired) electrons. The number of benzene rings is 1. The maximum Gasteiger partial charge on any atom is 0.273 e. The van der Waals surface area contributed by atoms with Crippen LogP contribution >= 0.6 is 0 Å². The minimum absolute atomic E-state index is 0.183. The van der Waals surface area contributed by atoms with Gasteiger partial charge in [-0.2, -0.15) is 0 Å². The Morgan fingerprint density at radius 1 is 1.47 bits per heavy atom. The van der Waals surface area contributed by atoms with Crippen molar-refractivity contribution in [2.75, 3.05) is 7.11 Å². The van der Waals surface area contributed by atoms with E-state index in [4.69, 9.17) is 4.74 Å². The lowest BCUT2D eigenvalue weighted by Gasteiger charge is -2.34. The molecule has 92 valence electrons. The second-order valence-electron chi connectivity index (χ2n) is 4.29. The van der Waals surface area contributed by atoms with Gasteiger partial charge in [-0.25, -0.2) is 0 Å². The van der Waals surface area contributed by atoms with Gasteiger partial charge in [0.25, 0.3) is 5.69 Å². The third-order valence-electron chi connectivity index (χ3n) is 3.20. The van der Waals surface area contributed by atoms with Crippen molar-refractivity contribution in [3.63, 3.8) is 0 Å². The molecule has 1 saturated carbocycles. The maximum absolute atomic E-state index is 10.8. The van der Waals surface area contributed by atoms with Crippen LogP contribution < -0.4 is 5.32 Å². The molecule has 0 aromatic heterocycles. The summed E-state index contributed by atoms with van der Waals surface area (Å²) in [6, 6.07) is 7.25. The van der Waals surface area contributed by atoms with E-state index in [0.717, 1.165) is 18.4 Å². The lowest BCUT2D eigenvalue weighted by Crippen LogP contribution is -2.44. The third kappa shape index (κ3) is 2.81. The molecule has 5 heteroatoms. The highest BCUT2D eigenvalue weighted by Crippen LogP contribution is 2.24. The van der Waals surface area contributed by atoms with Gasteiger partial charge >= 0.3 is 0 Å². The molecule has 0 unspecified atom stereocenters. The number of hydrogen-bond acceptors (Lipinski definition) is 4. The molecule has 1 aromatic carbocycles. The van der Waals surface area contributed by atoms with Crippen molar-refractivity contribution < 1.29 is 9.66 Å². The summed E-state index contributed by atoms with van der Waals surface area (Å²) in [5, 5.41) is 14.1. The molecule has 17 heavy (non-hydrogen) atoms. The Bertz CT molecular complexity index is 402. The number of para-hydroxylation sites is 1. The number of ether oxygens (including phenoxy) is 1. The zero-order valence-corrected chi connectivity index (χ0v) is 9.76. The smallest absolute Gasteiger partial charge is 0.273 e. The van der Waals surface area contributed by atoms with E-state index >= 15 is 0 Å². The van der Waals surface area contributed by atoms with E-state index in [2.05, 4.69) is 5.32 Å². The van der Waals surface area contributed by atoms with Gasteiger partial charge in [0.15, 0.2) is 0 Å². The van der Waals surface area contributed by atoms with Gasteiger partial charge < -0.3 is 10.1 Å². The monoisotopic (exact) mass is 236 g/mol. The van der Waals surface area contributed by atoms with Gasteiger partial charge in [0, 0.05) is 31.3 Å². The van der Waals surface area contributed by atoms with Gasteiger partial charge in [0.1, 0.15) is 0 Å². The largest absolute Gasteiger partial charge is 0.381 e. The van der Waals surface area contributed by atoms with E-state index in [0.29, 0.717) is 18.7 Å². The number of methoxy groups -OCH3 is 1. The summed E-state index contributed by atoms with van der Waals surface area (Å²) in [5.41, 5.74) is 0.918.